The van der Waals surface area contributed by atoms with Crippen molar-refractivity contribution in [1.29, 1.82) is 0 Å². The molecule has 10 heteroatoms. The summed E-state index contributed by atoms with van der Waals surface area (Å²) in [5.74, 6) is -0.0593. The summed E-state index contributed by atoms with van der Waals surface area (Å²) in [5.41, 5.74) is 3.42. The van der Waals surface area contributed by atoms with E-state index in [4.69, 9.17) is 27.9 Å². The second-order valence-electron chi connectivity index (χ2n) is 8.89. The first kappa shape index (κ1) is 32.8. The first-order valence-corrected chi connectivity index (χ1v) is 15.2. The summed E-state index contributed by atoms with van der Waals surface area (Å²) in [4.78, 5) is 17.4. The summed E-state index contributed by atoms with van der Waals surface area (Å²) >= 11 is 11.8. The SMILES string of the molecule is C/C=C(\C)Cl.C=CNC.O=C(Nc1ccc(Cl)c(-c2nccc3ccccc23)c1)c1ccc(N2CCOCS2=O)cc1. The van der Waals surface area contributed by atoms with Crippen molar-refractivity contribution in [1.82, 2.24) is 10.3 Å². The van der Waals surface area contributed by atoms with E-state index in [0.717, 1.165) is 32.7 Å². The molecule has 2 heterocycles. The van der Waals surface area contributed by atoms with Crippen molar-refractivity contribution in [3.63, 3.8) is 0 Å². The van der Waals surface area contributed by atoms with Gasteiger partial charge in [0.25, 0.3) is 5.91 Å². The van der Waals surface area contributed by atoms with Crippen LogP contribution in [0, 0.1) is 0 Å². The molecule has 0 saturated carbocycles. The number of hydrogen-bond acceptors (Lipinski definition) is 5. The number of carbonyl (C=O) groups is 1. The molecule has 220 valence electrons. The van der Waals surface area contributed by atoms with Crippen LogP contribution in [0.2, 0.25) is 5.02 Å². The Morgan fingerprint density at radius 1 is 1.12 bits per heavy atom. The molecule has 1 aliphatic rings. The molecule has 42 heavy (non-hydrogen) atoms. The van der Waals surface area contributed by atoms with Gasteiger partial charge < -0.3 is 15.4 Å². The van der Waals surface area contributed by atoms with Crippen LogP contribution in [0.3, 0.4) is 0 Å². The van der Waals surface area contributed by atoms with Crippen LogP contribution in [0.4, 0.5) is 11.4 Å². The van der Waals surface area contributed by atoms with Crippen molar-refractivity contribution in [3.8, 4) is 11.3 Å². The fourth-order valence-electron chi connectivity index (χ4n) is 3.79. The van der Waals surface area contributed by atoms with E-state index >= 15 is 0 Å². The van der Waals surface area contributed by atoms with Crippen molar-refractivity contribution < 1.29 is 13.7 Å². The van der Waals surface area contributed by atoms with Gasteiger partial charge in [-0.1, -0.05) is 60.1 Å². The van der Waals surface area contributed by atoms with Gasteiger partial charge in [-0.25, -0.2) is 4.21 Å². The van der Waals surface area contributed by atoms with Crippen LogP contribution >= 0.6 is 23.2 Å². The third kappa shape index (κ3) is 9.16. The number of pyridine rings is 1. The quantitative estimate of drug-likeness (QED) is 0.237. The van der Waals surface area contributed by atoms with Crippen LogP contribution in [0.15, 0.2) is 103 Å². The zero-order valence-corrected chi connectivity index (χ0v) is 26.1. The van der Waals surface area contributed by atoms with Gasteiger partial charge in [0.05, 0.1) is 23.9 Å². The molecule has 0 aliphatic carbocycles. The lowest BCUT2D eigenvalue weighted by atomic mass is 10.0. The lowest BCUT2D eigenvalue weighted by Gasteiger charge is -2.27. The third-order valence-corrected chi connectivity index (χ3v) is 7.84. The van der Waals surface area contributed by atoms with Crippen molar-refractivity contribution >= 4 is 62.2 Å². The molecule has 1 aromatic heterocycles. The highest BCUT2D eigenvalue weighted by Crippen LogP contribution is 2.34. The number of hydrogen-bond donors (Lipinski definition) is 2. The number of fused-ring (bicyclic) bond motifs is 1. The van der Waals surface area contributed by atoms with Crippen LogP contribution in [0.1, 0.15) is 24.2 Å². The topological polar surface area (TPSA) is 83.6 Å². The molecule has 1 unspecified atom stereocenters. The second-order valence-corrected chi connectivity index (χ2v) is 11.2. The van der Waals surface area contributed by atoms with E-state index in [1.165, 1.54) is 0 Å². The number of ether oxygens (including phenoxy) is 1. The number of anilines is 2. The summed E-state index contributed by atoms with van der Waals surface area (Å²) in [7, 11) is 0.593. The zero-order valence-electron chi connectivity index (χ0n) is 23.8. The van der Waals surface area contributed by atoms with E-state index in [1.54, 1.807) is 53.1 Å². The second kappa shape index (κ2) is 16.7. The van der Waals surface area contributed by atoms with Crippen LogP contribution in [0.5, 0.6) is 0 Å². The van der Waals surface area contributed by atoms with Gasteiger partial charge in [0.2, 0.25) is 0 Å². The van der Waals surface area contributed by atoms with Crippen LogP contribution in [-0.2, 0) is 15.7 Å². The van der Waals surface area contributed by atoms with Crippen LogP contribution in [-0.4, -0.2) is 41.2 Å². The Hall–Kier alpha value is -3.69. The van der Waals surface area contributed by atoms with Gasteiger partial charge in [-0.15, -0.1) is 0 Å². The summed E-state index contributed by atoms with van der Waals surface area (Å²) < 4.78 is 19.1. The zero-order chi connectivity index (χ0) is 30.5. The number of benzene rings is 3. The Morgan fingerprint density at radius 2 is 1.81 bits per heavy atom. The van der Waals surface area contributed by atoms with Gasteiger partial charge in [0.15, 0.2) is 0 Å². The van der Waals surface area contributed by atoms with Crippen molar-refractivity contribution in [2.24, 2.45) is 0 Å². The lowest BCUT2D eigenvalue weighted by Crippen LogP contribution is -2.36. The Labute approximate surface area is 259 Å². The molecule has 1 saturated heterocycles. The van der Waals surface area contributed by atoms with Crippen molar-refractivity contribution in [2.75, 3.05) is 35.8 Å². The smallest absolute Gasteiger partial charge is 0.255 e. The number of nitrogens with zero attached hydrogens (tertiary/aromatic N) is 2. The van der Waals surface area contributed by atoms with E-state index in [2.05, 4.69) is 22.2 Å². The summed E-state index contributed by atoms with van der Waals surface area (Å²) in [6, 6.07) is 22.3. The van der Waals surface area contributed by atoms with E-state index in [0.29, 0.717) is 29.4 Å². The number of amides is 1. The lowest BCUT2D eigenvalue weighted by molar-refractivity contribution is 0.102. The Kier molecular flexibility index (Phi) is 13.0. The molecule has 5 rings (SSSR count). The highest BCUT2D eigenvalue weighted by molar-refractivity contribution is 7.86. The molecule has 0 bridgehead atoms. The standard InChI is InChI=1S/C25H20ClN3O3S.C4H7Cl.C3H7N/c26-23-10-7-19(15-22(23)24-21-4-2-1-3-17(21)11-12-27-24)28-25(30)18-5-8-20(9-6-18)29-13-14-32-16-33(29)31;1-3-4(2)5;1-3-4-2/h1-12,15H,13-14,16H2,(H,28,30);3H,1-2H3;3-4H,1H2,2H3/b;4-3+;. The number of nitrogens with one attached hydrogen (secondary N) is 2. The molecule has 4 aromatic rings. The van der Waals surface area contributed by atoms with Crippen molar-refractivity contribution in [3.05, 3.63) is 113 Å². The maximum Gasteiger partial charge on any atom is 0.255 e. The average Bonchev–Trinajstić information content (AvgIpc) is 3.02. The summed E-state index contributed by atoms with van der Waals surface area (Å²) in [5, 5.41) is 9.09. The molecule has 0 spiro atoms. The molecule has 1 atom stereocenters. The molecule has 7 nitrogen and oxygen atoms in total. The van der Waals surface area contributed by atoms with E-state index < -0.39 is 11.0 Å². The molecule has 3 aromatic carbocycles. The molecule has 0 radical (unpaired) electrons. The van der Waals surface area contributed by atoms with Gasteiger partial charge in [0.1, 0.15) is 16.9 Å². The van der Waals surface area contributed by atoms with Gasteiger partial charge in [-0.3, -0.25) is 14.1 Å². The third-order valence-electron chi connectivity index (χ3n) is 6.04. The van der Waals surface area contributed by atoms with Crippen LogP contribution < -0.4 is 14.9 Å². The highest BCUT2D eigenvalue weighted by Gasteiger charge is 2.19. The minimum atomic E-state index is -1.22. The van der Waals surface area contributed by atoms with E-state index in [9.17, 15) is 9.00 Å². The monoisotopic (exact) mass is 624 g/mol. The fraction of sp³-hybridized carbons (Fsp3) is 0.188. The Bertz CT molecular complexity index is 1550. The number of allylic oxidation sites excluding steroid dienone is 2. The van der Waals surface area contributed by atoms with Gasteiger partial charge in [-0.2, -0.15) is 0 Å². The average molecular weight is 626 g/mol. The van der Waals surface area contributed by atoms with Crippen molar-refractivity contribution in [2.45, 2.75) is 13.8 Å². The van der Waals surface area contributed by atoms with Gasteiger partial charge >= 0.3 is 0 Å². The number of aromatic nitrogens is 1. The Balaban J connectivity index is 0.000000473. The predicted octanol–water partition coefficient (Wildman–Crippen LogP) is 7.76. The normalized spacial score (nSPS) is 14.5. The molecule has 1 aliphatic heterocycles. The molecule has 2 N–H and O–H groups in total. The largest absolute Gasteiger partial charge is 0.394 e. The van der Waals surface area contributed by atoms with E-state index in [1.807, 2.05) is 63.4 Å². The Morgan fingerprint density at radius 3 is 2.45 bits per heavy atom. The molecular weight excluding hydrogens is 591 g/mol. The first-order chi connectivity index (χ1) is 20.3. The predicted molar refractivity (Wildman–Crippen MR) is 177 cm³/mol. The maximum absolute atomic E-state index is 12.9. The minimum Gasteiger partial charge on any atom is -0.394 e. The van der Waals surface area contributed by atoms with E-state index in [-0.39, 0.29) is 11.8 Å². The number of carbonyl (C=O) groups excluding carboxylic acids is 1. The fourth-order valence-corrected chi connectivity index (χ4v) is 5.02. The summed E-state index contributed by atoms with van der Waals surface area (Å²) in [6.07, 6.45) is 5.23. The summed E-state index contributed by atoms with van der Waals surface area (Å²) in [6.45, 7) is 8.20. The molecule has 1 amide bonds. The molecule has 1 fully saturated rings. The van der Waals surface area contributed by atoms with Crippen LogP contribution in [0.25, 0.3) is 22.0 Å². The highest BCUT2D eigenvalue weighted by atomic mass is 35.5. The number of rotatable bonds is 5. The minimum absolute atomic E-state index is 0.187. The maximum atomic E-state index is 12.9. The molecular formula is C32H34Cl2N4O3S. The first-order valence-electron chi connectivity index (χ1n) is 13.1. The van der Waals surface area contributed by atoms with Gasteiger partial charge in [-0.05, 0) is 74.0 Å². The van der Waals surface area contributed by atoms with Gasteiger partial charge in [0, 0.05) is 46.2 Å². The number of halogens is 2.